The second-order valence-electron chi connectivity index (χ2n) is 4.37. The van der Waals surface area contributed by atoms with Crippen LogP contribution in [0.5, 0.6) is 0 Å². The molecule has 3 aromatic rings. The van der Waals surface area contributed by atoms with E-state index in [1.165, 1.54) is 0 Å². The number of amides is 1. The molecule has 0 spiro atoms. The molecule has 0 bridgehead atoms. The van der Waals surface area contributed by atoms with Crippen LogP contribution in [-0.4, -0.2) is 16.1 Å². The van der Waals surface area contributed by atoms with Gasteiger partial charge in [-0.1, -0.05) is 0 Å². The molecule has 0 saturated carbocycles. The molecule has 3 aromatic heterocycles. The number of hydrogen-bond donors (Lipinski definition) is 1. The first-order chi connectivity index (χ1) is 10.3. The molecule has 21 heavy (non-hydrogen) atoms. The van der Waals surface area contributed by atoms with Crippen LogP contribution in [0.25, 0.3) is 11.5 Å². The van der Waals surface area contributed by atoms with Crippen molar-refractivity contribution in [2.75, 3.05) is 0 Å². The quantitative estimate of drug-likeness (QED) is 0.757. The number of carbonyl (C=O) groups is 1. The lowest BCUT2D eigenvalue weighted by Crippen LogP contribution is -2.22. The third-order valence-electron chi connectivity index (χ3n) is 2.84. The molecule has 0 aliphatic rings. The highest BCUT2D eigenvalue weighted by Gasteiger charge is 2.10. The van der Waals surface area contributed by atoms with Crippen LogP contribution in [0.1, 0.15) is 18.1 Å². The molecule has 0 radical (unpaired) electrons. The molecule has 3 rings (SSSR count). The van der Waals surface area contributed by atoms with Crippen LogP contribution in [0.4, 0.5) is 0 Å². The monoisotopic (exact) mass is 303 g/mol. The molecule has 0 aromatic carbocycles. The van der Waals surface area contributed by atoms with Gasteiger partial charge in [0.2, 0.25) is 17.7 Å². The molecule has 0 unspecified atom stereocenters. The highest BCUT2D eigenvalue weighted by molar-refractivity contribution is 7.08. The number of hydrogen-bond acceptors (Lipinski definition) is 6. The summed E-state index contributed by atoms with van der Waals surface area (Å²) in [5.41, 5.74) is 0.904. The van der Waals surface area contributed by atoms with Gasteiger partial charge in [0.15, 0.2) is 0 Å². The fourth-order valence-electron chi connectivity index (χ4n) is 1.77. The lowest BCUT2D eigenvalue weighted by molar-refractivity contribution is -0.121. The van der Waals surface area contributed by atoms with Gasteiger partial charge >= 0.3 is 0 Å². The number of nitrogens with one attached hydrogen (secondary N) is 1. The molecule has 7 heteroatoms. The molecule has 6 nitrogen and oxygen atoms in total. The SMILES string of the molecule is O=C(CCc1nnc(-c2ccsc2)o1)NCc1ccco1. The lowest BCUT2D eigenvalue weighted by atomic mass is 10.3. The highest BCUT2D eigenvalue weighted by atomic mass is 32.1. The van der Waals surface area contributed by atoms with Crippen molar-refractivity contribution >= 4 is 17.2 Å². The Morgan fingerprint density at radius 1 is 1.33 bits per heavy atom. The minimum absolute atomic E-state index is 0.0818. The maximum Gasteiger partial charge on any atom is 0.248 e. The van der Waals surface area contributed by atoms with Crippen molar-refractivity contribution in [3.05, 3.63) is 46.9 Å². The van der Waals surface area contributed by atoms with Gasteiger partial charge in [-0.05, 0) is 23.6 Å². The van der Waals surface area contributed by atoms with Crippen LogP contribution in [0.15, 0.2) is 44.1 Å². The fourth-order valence-corrected chi connectivity index (χ4v) is 2.39. The molecule has 108 valence electrons. The van der Waals surface area contributed by atoms with Gasteiger partial charge in [-0.3, -0.25) is 4.79 Å². The lowest BCUT2D eigenvalue weighted by Gasteiger charge is -2.01. The van der Waals surface area contributed by atoms with Crippen LogP contribution >= 0.6 is 11.3 Å². The smallest absolute Gasteiger partial charge is 0.248 e. The number of nitrogens with zero attached hydrogens (tertiary/aromatic N) is 2. The zero-order chi connectivity index (χ0) is 14.5. The van der Waals surface area contributed by atoms with E-state index in [0.29, 0.717) is 31.2 Å². The predicted molar refractivity (Wildman–Crippen MR) is 76.5 cm³/mol. The van der Waals surface area contributed by atoms with Crippen molar-refractivity contribution in [2.45, 2.75) is 19.4 Å². The molecule has 0 fully saturated rings. The minimum Gasteiger partial charge on any atom is -0.467 e. The van der Waals surface area contributed by atoms with Gasteiger partial charge < -0.3 is 14.2 Å². The van der Waals surface area contributed by atoms with Crippen molar-refractivity contribution < 1.29 is 13.6 Å². The van der Waals surface area contributed by atoms with E-state index >= 15 is 0 Å². The van der Waals surface area contributed by atoms with E-state index in [-0.39, 0.29) is 5.91 Å². The second-order valence-corrected chi connectivity index (χ2v) is 5.15. The van der Waals surface area contributed by atoms with E-state index in [0.717, 1.165) is 11.3 Å². The van der Waals surface area contributed by atoms with Gasteiger partial charge in [0, 0.05) is 23.8 Å². The summed E-state index contributed by atoms with van der Waals surface area (Å²) in [4.78, 5) is 11.7. The predicted octanol–water partition coefficient (Wildman–Crippen LogP) is 2.64. The number of aryl methyl sites for hydroxylation is 1. The van der Waals surface area contributed by atoms with E-state index in [4.69, 9.17) is 8.83 Å². The van der Waals surface area contributed by atoms with E-state index in [1.54, 1.807) is 23.7 Å². The number of furan rings is 1. The third kappa shape index (κ3) is 3.57. The van der Waals surface area contributed by atoms with Crippen LogP contribution in [0.2, 0.25) is 0 Å². The average Bonchev–Trinajstić information content (AvgIpc) is 3.24. The number of thiophene rings is 1. The topological polar surface area (TPSA) is 81.2 Å². The van der Waals surface area contributed by atoms with Gasteiger partial charge in [-0.2, -0.15) is 11.3 Å². The molecule has 0 aliphatic carbocycles. The Kier molecular flexibility index (Phi) is 4.11. The minimum atomic E-state index is -0.0818. The Morgan fingerprint density at radius 2 is 2.29 bits per heavy atom. The number of aromatic nitrogens is 2. The Hall–Kier alpha value is -2.41. The van der Waals surface area contributed by atoms with Crippen LogP contribution in [0.3, 0.4) is 0 Å². The van der Waals surface area contributed by atoms with Gasteiger partial charge in [-0.25, -0.2) is 0 Å². The first-order valence-electron chi connectivity index (χ1n) is 6.45. The summed E-state index contributed by atoms with van der Waals surface area (Å²) in [5.74, 6) is 1.59. The molecular formula is C14H13N3O3S. The van der Waals surface area contributed by atoms with E-state index in [1.807, 2.05) is 22.9 Å². The Morgan fingerprint density at radius 3 is 3.05 bits per heavy atom. The largest absolute Gasteiger partial charge is 0.467 e. The molecule has 3 heterocycles. The maximum atomic E-state index is 11.7. The van der Waals surface area contributed by atoms with Crippen LogP contribution in [0, 0.1) is 0 Å². The van der Waals surface area contributed by atoms with Crippen molar-refractivity contribution in [3.8, 4) is 11.5 Å². The Balaban J connectivity index is 1.47. The standard InChI is InChI=1S/C14H13N3O3S/c18-12(15-8-11-2-1-6-19-11)3-4-13-16-17-14(20-13)10-5-7-21-9-10/h1-2,5-7,9H,3-4,8H2,(H,15,18). The fraction of sp³-hybridized carbons (Fsp3) is 0.214. The maximum absolute atomic E-state index is 11.7. The van der Waals surface area contributed by atoms with Crippen molar-refractivity contribution in [1.29, 1.82) is 0 Å². The molecule has 0 atom stereocenters. The zero-order valence-corrected chi connectivity index (χ0v) is 11.9. The van der Waals surface area contributed by atoms with Gasteiger partial charge in [0.1, 0.15) is 5.76 Å². The third-order valence-corrected chi connectivity index (χ3v) is 3.52. The van der Waals surface area contributed by atoms with Crippen molar-refractivity contribution in [1.82, 2.24) is 15.5 Å². The molecule has 1 amide bonds. The number of carbonyl (C=O) groups excluding carboxylic acids is 1. The highest BCUT2D eigenvalue weighted by Crippen LogP contribution is 2.20. The zero-order valence-electron chi connectivity index (χ0n) is 11.1. The summed E-state index contributed by atoms with van der Waals surface area (Å²) in [5, 5.41) is 14.6. The van der Waals surface area contributed by atoms with Crippen molar-refractivity contribution in [2.24, 2.45) is 0 Å². The molecule has 0 aliphatic heterocycles. The summed E-state index contributed by atoms with van der Waals surface area (Å²) in [6.07, 6.45) is 2.29. The van der Waals surface area contributed by atoms with Crippen molar-refractivity contribution in [3.63, 3.8) is 0 Å². The molecule has 0 saturated heterocycles. The molecule has 1 N–H and O–H groups in total. The van der Waals surface area contributed by atoms with Gasteiger partial charge in [0.05, 0.1) is 12.8 Å². The van der Waals surface area contributed by atoms with Crippen LogP contribution in [-0.2, 0) is 17.8 Å². The molecular weight excluding hydrogens is 290 g/mol. The van der Waals surface area contributed by atoms with Gasteiger partial charge in [-0.15, -0.1) is 10.2 Å². The van der Waals surface area contributed by atoms with Gasteiger partial charge in [0.25, 0.3) is 0 Å². The Labute approximate surface area is 124 Å². The van der Waals surface area contributed by atoms with E-state index in [2.05, 4.69) is 15.5 Å². The summed E-state index contributed by atoms with van der Waals surface area (Å²) >= 11 is 1.57. The van der Waals surface area contributed by atoms with E-state index in [9.17, 15) is 4.79 Å². The van der Waals surface area contributed by atoms with E-state index < -0.39 is 0 Å². The van der Waals surface area contributed by atoms with Crippen LogP contribution < -0.4 is 5.32 Å². The summed E-state index contributed by atoms with van der Waals surface area (Å²) < 4.78 is 10.7. The second kappa shape index (κ2) is 6.36. The summed E-state index contributed by atoms with van der Waals surface area (Å²) in [6, 6.07) is 5.51. The number of rotatable bonds is 6. The summed E-state index contributed by atoms with van der Waals surface area (Å²) in [7, 11) is 0. The Bertz CT molecular complexity index is 689. The first kappa shape index (κ1) is 13.6. The first-order valence-corrected chi connectivity index (χ1v) is 7.39. The normalized spacial score (nSPS) is 10.7. The summed E-state index contributed by atoms with van der Waals surface area (Å²) in [6.45, 7) is 0.385. The average molecular weight is 303 g/mol.